The van der Waals surface area contributed by atoms with E-state index in [-0.39, 0.29) is 11.4 Å². The summed E-state index contributed by atoms with van der Waals surface area (Å²) in [4.78, 5) is 10.2. The van der Waals surface area contributed by atoms with E-state index in [2.05, 4.69) is 15.9 Å². The molecule has 2 aromatic carbocycles. The SMILES string of the molecule is Nc1cc(Oc2ccc(Br)cc2)cc([N+](=O)[O-])c1. The number of benzene rings is 2. The van der Waals surface area contributed by atoms with E-state index in [9.17, 15) is 10.1 Å². The molecule has 0 saturated heterocycles. The zero-order chi connectivity index (χ0) is 13.1. The monoisotopic (exact) mass is 308 g/mol. The number of rotatable bonds is 3. The molecule has 0 aliphatic carbocycles. The zero-order valence-electron chi connectivity index (χ0n) is 9.17. The van der Waals surface area contributed by atoms with Gasteiger partial charge in [-0.2, -0.15) is 0 Å². The molecule has 0 unspecified atom stereocenters. The molecule has 0 fully saturated rings. The van der Waals surface area contributed by atoms with Crippen LogP contribution in [0, 0.1) is 10.1 Å². The normalized spacial score (nSPS) is 10.1. The van der Waals surface area contributed by atoms with Gasteiger partial charge < -0.3 is 10.5 Å². The number of hydrogen-bond acceptors (Lipinski definition) is 4. The van der Waals surface area contributed by atoms with Crippen molar-refractivity contribution in [3.05, 3.63) is 57.1 Å². The van der Waals surface area contributed by atoms with Crippen molar-refractivity contribution in [3.63, 3.8) is 0 Å². The fraction of sp³-hybridized carbons (Fsp3) is 0. The van der Waals surface area contributed by atoms with Crippen LogP contribution in [-0.2, 0) is 0 Å². The largest absolute Gasteiger partial charge is 0.457 e. The van der Waals surface area contributed by atoms with Crippen LogP contribution < -0.4 is 10.5 Å². The molecule has 0 saturated carbocycles. The maximum atomic E-state index is 10.7. The number of nitrogens with two attached hydrogens (primary N) is 1. The van der Waals surface area contributed by atoms with Crippen LogP contribution in [0.2, 0.25) is 0 Å². The van der Waals surface area contributed by atoms with Gasteiger partial charge in [-0.1, -0.05) is 15.9 Å². The van der Waals surface area contributed by atoms with Crippen LogP contribution in [0.15, 0.2) is 46.9 Å². The van der Waals surface area contributed by atoms with Crippen LogP contribution in [0.25, 0.3) is 0 Å². The molecule has 0 aromatic heterocycles. The van der Waals surface area contributed by atoms with Crippen molar-refractivity contribution in [1.82, 2.24) is 0 Å². The van der Waals surface area contributed by atoms with Gasteiger partial charge in [0.2, 0.25) is 0 Å². The first kappa shape index (κ1) is 12.4. The Labute approximate surface area is 111 Å². The Morgan fingerprint density at radius 1 is 1.11 bits per heavy atom. The number of anilines is 1. The minimum Gasteiger partial charge on any atom is -0.457 e. The minimum atomic E-state index is -0.509. The maximum absolute atomic E-state index is 10.7. The lowest BCUT2D eigenvalue weighted by atomic mass is 10.2. The average molecular weight is 309 g/mol. The molecular formula is C12H9BrN2O3. The topological polar surface area (TPSA) is 78.4 Å². The van der Waals surface area contributed by atoms with E-state index in [1.807, 2.05) is 12.1 Å². The van der Waals surface area contributed by atoms with Gasteiger partial charge in [0.1, 0.15) is 11.5 Å². The number of nitro benzene ring substituents is 1. The molecular weight excluding hydrogens is 300 g/mol. The minimum absolute atomic E-state index is 0.0953. The van der Waals surface area contributed by atoms with Crippen LogP contribution in [0.4, 0.5) is 11.4 Å². The lowest BCUT2D eigenvalue weighted by Crippen LogP contribution is -1.93. The molecule has 0 aliphatic rings. The van der Waals surface area contributed by atoms with Crippen molar-refractivity contribution < 1.29 is 9.66 Å². The number of non-ortho nitro benzene ring substituents is 1. The first-order chi connectivity index (χ1) is 8.54. The lowest BCUT2D eigenvalue weighted by molar-refractivity contribution is -0.384. The molecule has 2 aromatic rings. The van der Waals surface area contributed by atoms with Crippen molar-refractivity contribution in [3.8, 4) is 11.5 Å². The Hall–Kier alpha value is -2.08. The summed E-state index contributed by atoms with van der Waals surface area (Å²) in [5.74, 6) is 0.919. The van der Waals surface area contributed by atoms with Gasteiger partial charge in [-0.05, 0) is 24.3 Å². The second-order valence-corrected chi connectivity index (χ2v) is 4.49. The number of nitrogens with zero attached hydrogens (tertiary/aromatic N) is 1. The summed E-state index contributed by atoms with van der Waals surface area (Å²) in [6.07, 6.45) is 0. The second kappa shape index (κ2) is 5.05. The molecule has 0 heterocycles. The number of hydrogen-bond donors (Lipinski definition) is 1. The van der Waals surface area contributed by atoms with E-state index < -0.39 is 4.92 Å². The summed E-state index contributed by atoms with van der Waals surface area (Å²) in [6.45, 7) is 0. The van der Waals surface area contributed by atoms with Gasteiger partial charge in [-0.25, -0.2) is 0 Å². The van der Waals surface area contributed by atoms with E-state index in [1.165, 1.54) is 18.2 Å². The fourth-order valence-electron chi connectivity index (χ4n) is 1.41. The van der Waals surface area contributed by atoms with Gasteiger partial charge in [-0.3, -0.25) is 10.1 Å². The number of nitro groups is 1. The quantitative estimate of drug-likeness (QED) is 0.532. The summed E-state index contributed by atoms with van der Waals surface area (Å²) in [5.41, 5.74) is 5.78. The van der Waals surface area contributed by atoms with Crippen LogP contribution in [-0.4, -0.2) is 4.92 Å². The molecule has 0 atom stereocenters. The van der Waals surface area contributed by atoms with Crippen LogP contribution in [0.1, 0.15) is 0 Å². The van der Waals surface area contributed by atoms with Crippen LogP contribution in [0.3, 0.4) is 0 Å². The van der Waals surface area contributed by atoms with Crippen molar-refractivity contribution in [2.45, 2.75) is 0 Å². The molecule has 0 amide bonds. The van der Waals surface area contributed by atoms with Crippen molar-refractivity contribution >= 4 is 27.3 Å². The van der Waals surface area contributed by atoms with E-state index in [4.69, 9.17) is 10.5 Å². The highest BCUT2D eigenvalue weighted by atomic mass is 79.9. The Bertz CT molecular complexity index is 584. The summed E-state index contributed by atoms with van der Waals surface area (Å²) in [6, 6.07) is 11.3. The molecule has 92 valence electrons. The fourth-order valence-corrected chi connectivity index (χ4v) is 1.67. The van der Waals surface area contributed by atoms with Crippen LogP contribution >= 0.6 is 15.9 Å². The van der Waals surface area contributed by atoms with Gasteiger partial charge in [0.05, 0.1) is 11.0 Å². The van der Waals surface area contributed by atoms with Gasteiger partial charge in [-0.15, -0.1) is 0 Å². The third kappa shape index (κ3) is 2.98. The van der Waals surface area contributed by atoms with E-state index in [0.717, 1.165) is 4.47 Å². The zero-order valence-corrected chi connectivity index (χ0v) is 10.8. The van der Waals surface area contributed by atoms with E-state index >= 15 is 0 Å². The molecule has 0 aliphatic heterocycles. The Kier molecular flexibility index (Phi) is 3.47. The molecule has 0 radical (unpaired) electrons. The van der Waals surface area contributed by atoms with Gasteiger partial charge in [0.25, 0.3) is 5.69 Å². The summed E-state index contributed by atoms with van der Waals surface area (Å²) < 4.78 is 6.42. The van der Waals surface area contributed by atoms with Crippen molar-refractivity contribution in [2.24, 2.45) is 0 Å². The van der Waals surface area contributed by atoms with Crippen molar-refractivity contribution in [2.75, 3.05) is 5.73 Å². The van der Waals surface area contributed by atoms with Crippen molar-refractivity contribution in [1.29, 1.82) is 0 Å². The molecule has 6 heteroatoms. The standard InChI is InChI=1S/C12H9BrN2O3/c13-8-1-3-11(4-2-8)18-12-6-9(14)5-10(7-12)15(16)17/h1-7H,14H2. The predicted molar refractivity (Wildman–Crippen MR) is 71.7 cm³/mol. The van der Waals surface area contributed by atoms with Gasteiger partial charge >= 0.3 is 0 Å². The number of nitrogen functional groups attached to an aromatic ring is 1. The number of ether oxygens (including phenoxy) is 1. The molecule has 5 nitrogen and oxygen atoms in total. The predicted octanol–water partition coefficient (Wildman–Crippen LogP) is 3.73. The molecule has 2 rings (SSSR count). The van der Waals surface area contributed by atoms with E-state index in [1.54, 1.807) is 12.1 Å². The lowest BCUT2D eigenvalue weighted by Gasteiger charge is -2.06. The first-order valence-electron chi connectivity index (χ1n) is 5.03. The Balaban J connectivity index is 2.28. The second-order valence-electron chi connectivity index (χ2n) is 3.57. The number of halogens is 1. The average Bonchev–Trinajstić information content (AvgIpc) is 2.31. The molecule has 2 N–H and O–H groups in total. The van der Waals surface area contributed by atoms with E-state index in [0.29, 0.717) is 11.5 Å². The van der Waals surface area contributed by atoms with Gasteiger partial charge in [0.15, 0.2) is 0 Å². The Morgan fingerprint density at radius 2 is 1.78 bits per heavy atom. The summed E-state index contributed by atoms with van der Waals surface area (Å²) >= 11 is 3.31. The van der Waals surface area contributed by atoms with Crippen LogP contribution in [0.5, 0.6) is 11.5 Å². The third-order valence-electron chi connectivity index (χ3n) is 2.17. The maximum Gasteiger partial charge on any atom is 0.275 e. The Morgan fingerprint density at radius 3 is 2.39 bits per heavy atom. The molecule has 0 spiro atoms. The van der Waals surface area contributed by atoms with Gasteiger partial charge in [0, 0.05) is 22.3 Å². The molecule has 0 bridgehead atoms. The smallest absolute Gasteiger partial charge is 0.275 e. The summed E-state index contributed by atoms with van der Waals surface area (Å²) in [7, 11) is 0. The first-order valence-corrected chi connectivity index (χ1v) is 5.82. The highest BCUT2D eigenvalue weighted by Crippen LogP contribution is 2.28. The highest BCUT2D eigenvalue weighted by Gasteiger charge is 2.09. The third-order valence-corrected chi connectivity index (χ3v) is 2.70. The summed E-state index contributed by atoms with van der Waals surface area (Å²) in [5, 5.41) is 10.7. The highest BCUT2D eigenvalue weighted by molar-refractivity contribution is 9.10. The molecule has 18 heavy (non-hydrogen) atoms.